The van der Waals surface area contributed by atoms with E-state index in [0.29, 0.717) is 6.54 Å². The summed E-state index contributed by atoms with van der Waals surface area (Å²) in [6, 6.07) is 3.13. The van der Waals surface area contributed by atoms with Gasteiger partial charge in [-0.2, -0.15) is 0 Å². The van der Waals surface area contributed by atoms with E-state index in [0.717, 1.165) is 5.76 Å². The molecule has 2 atom stereocenters. The van der Waals surface area contributed by atoms with Crippen LogP contribution in [0.4, 0.5) is 0 Å². The van der Waals surface area contributed by atoms with Crippen molar-refractivity contribution in [2.24, 2.45) is 5.92 Å². The van der Waals surface area contributed by atoms with Gasteiger partial charge in [0.25, 0.3) is 0 Å². The van der Waals surface area contributed by atoms with E-state index in [-0.39, 0.29) is 23.8 Å². The normalized spacial score (nSPS) is 14.0. The number of rotatable bonds is 7. The van der Waals surface area contributed by atoms with Crippen LogP contribution < -0.4 is 10.6 Å². The second-order valence-electron chi connectivity index (χ2n) is 5.66. The summed E-state index contributed by atoms with van der Waals surface area (Å²) in [4.78, 5) is 25.4. The number of furan rings is 1. The first-order chi connectivity index (χ1) is 9.82. The number of carbonyl (C=O) groups excluding carboxylic acids is 2. The third-order valence-corrected chi connectivity index (χ3v) is 3.27. The number of nitrogens with zero attached hydrogens (tertiary/aromatic N) is 1. The lowest BCUT2D eigenvalue weighted by atomic mass is 10.0. The standard InChI is InChI=1S/C15H25N3O3/c1-10(2)14(17-11(3)19)15(20)16-9-12(18(4)5)13-7-6-8-21-13/h6-8,10,12,14H,9H2,1-5H3,(H,16,20)(H,17,19). The molecule has 0 saturated carbocycles. The van der Waals surface area contributed by atoms with Gasteiger partial charge in [-0.15, -0.1) is 0 Å². The summed E-state index contributed by atoms with van der Waals surface area (Å²) >= 11 is 0. The minimum atomic E-state index is -0.526. The van der Waals surface area contributed by atoms with E-state index in [1.807, 2.05) is 45.0 Å². The molecule has 0 bridgehead atoms. The van der Waals surface area contributed by atoms with E-state index < -0.39 is 6.04 Å². The van der Waals surface area contributed by atoms with Crippen LogP contribution in [0.5, 0.6) is 0 Å². The summed E-state index contributed by atoms with van der Waals surface area (Å²) in [7, 11) is 3.85. The van der Waals surface area contributed by atoms with Crippen LogP contribution in [0.25, 0.3) is 0 Å². The highest BCUT2D eigenvalue weighted by molar-refractivity contribution is 5.87. The fraction of sp³-hybridized carbons (Fsp3) is 0.600. The highest BCUT2D eigenvalue weighted by atomic mass is 16.3. The van der Waals surface area contributed by atoms with Crippen molar-refractivity contribution in [1.82, 2.24) is 15.5 Å². The molecule has 0 aromatic carbocycles. The predicted molar refractivity (Wildman–Crippen MR) is 80.6 cm³/mol. The first-order valence-electron chi connectivity index (χ1n) is 7.07. The van der Waals surface area contributed by atoms with E-state index in [1.54, 1.807) is 6.26 Å². The van der Waals surface area contributed by atoms with E-state index in [2.05, 4.69) is 10.6 Å². The Morgan fingerprint density at radius 2 is 2.00 bits per heavy atom. The highest BCUT2D eigenvalue weighted by Crippen LogP contribution is 2.17. The molecule has 1 aromatic rings. The zero-order valence-corrected chi connectivity index (χ0v) is 13.3. The summed E-state index contributed by atoms with van der Waals surface area (Å²) in [6.07, 6.45) is 1.61. The van der Waals surface area contributed by atoms with Crippen molar-refractivity contribution >= 4 is 11.8 Å². The van der Waals surface area contributed by atoms with Gasteiger partial charge in [-0.05, 0) is 32.1 Å². The molecule has 1 rings (SSSR count). The monoisotopic (exact) mass is 295 g/mol. The van der Waals surface area contributed by atoms with Gasteiger partial charge >= 0.3 is 0 Å². The van der Waals surface area contributed by atoms with Gasteiger partial charge in [0, 0.05) is 13.5 Å². The maximum Gasteiger partial charge on any atom is 0.242 e. The Labute approximate surface area is 125 Å². The summed E-state index contributed by atoms with van der Waals surface area (Å²) in [5.74, 6) is 0.425. The molecule has 6 heteroatoms. The molecule has 21 heavy (non-hydrogen) atoms. The highest BCUT2D eigenvalue weighted by Gasteiger charge is 2.25. The minimum Gasteiger partial charge on any atom is -0.468 e. The van der Waals surface area contributed by atoms with Crippen LogP contribution in [0.1, 0.15) is 32.6 Å². The average Bonchev–Trinajstić information content (AvgIpc) is 2.88. The Hall–Kier alpha value is -1.82. The van der Waals surface area contributed by atoms with Crippen molar-refractivity contribution in [1.29, 1.82) is 0 Å². The zero-order valence-electron chi connectivity index (χ0n) is 13.3. The van der Waals surface area contributed by atoms with Gasteiger partial charge in [-0.3, -0.25) is 14.5 Å². The van der Waals surface area contributed by atoms with Crippen molar-refractivity contribution in [3.8, 4) is 0 Å². The molecular formula is C15H25N3O3. The zero-order chi connectivity index (χ0) is 16.0. The van der Waals surface area contributed by atoms with E-state index in [9.17, 15) is 9.59 Å². The smallest absolute Gasteiger partial charge is 0.242 e. The summed E-state index contributed by atoms with van der Waals surface area (Å²) in [5.41, 5.74) is 0. The lowest BCUT2D eigenvalue weighted by molar-refractivity contribution is -0.129. The first-order valence-corrected chi connectivity index (χ1v) is 7.07. The lowest BCUT2D eigenvalue weighted by Gasteiger charge is -2.25. The number of likely N-dealkylation sites (N-methyl/N-ethyl adjacent to an activating group) is 1. The van der Waals surface area contributed by atoms with Gasteiger partial charge in [0.15, 0.2) is 0 Å². The third kappa shape index (κ3) is 5.23. The molecule has 0 saturated heterocycles. The third-order valence-electron chi connectivity index (χ3n) is 3.27. The molecule has 2 N–H and O–H groups in total. The summed E-state index contributed by atoms with van der Waals surface area (Å²) in [5, 5.41) is 5.56. The van der Waals surface area contributed by atoms with Gasteiger partial charge in [0.1, 0.15) is 11.8 Å². The number of amides is 2. The van der Waals surface area contributed by atoms with E-state index in [1.165, 1.54) is 6.92 Å². The molecule has 118 valence electrons. The van der Waals surface area contributed by atoms with Crippen molar-refractivity contribution in [3.05, 3.63) is 24.2 Å². The second kappa shape index (κ2) is 7.83. The SMILES string of the molecule is CC(=O)NC(C(=O)NCC(c1ccco1)N(C)C)C(C)C. The van der Waals surface area contributed by atoms with Crippen molar-refractivity contribution in [2.75, 3.05) is 20.6 Å². The first kappa shape index (κ1) is 17.2. The van der Waals surface area contributed by atoms with Crippen LogP contribution in [0.3, 0.4) is 0 Å². The largest absolute Gasteiger partial charge is 0.468 e. The second-order valence-corrected chi connectivity index (χ2v) is 5.66. The molecule has 6 nitrogen and oxygen atoms in total. The molecule has 2 amide bonds. The number of hydrogen-bond donors (Lipinski definition) is 2. The van der Waals surface area contributed by atoms with Gasteiger partial charge in [0.2, 0.25) is 11.8 Å². The Bertz CT molecular complexity index is 455. The molecule has 0 aliphatic rings. The molecule has 0 radical (unpaired) electrons. The fourth-order valence-corrected chi connectivity index (χ4v) is 2.08. The molecule has 0 aliphatic carbocycles. The molecule has 0 aliphatic heterocycles. The minimum absolute atomic E-state index is 0.0234. The molecule has 0 fully saturated rings. The Morgan fingerprint density at radius 3 is 2.43 bits per heavy atom. The molecule has 2 unspecified atom stereocenters. The fourth-order valence-electron chi connectivity index (χ4n) is 2.08. The maximum absolute atomic E-state index is 12.2. The Balaban J connectivity index is 2.66. The van der Waals surface area contributed by atoms with Crippen LogP contribution in [0, 0.1) is 5.92 Å². The lowest BCUT2D eigenvalue weighted by Crippen LogP contribution is -2.50. The molecule has 1 heterocycles. The van der Waals surface area contributed by atoms with Crippen LogP contribution in [0.2, 0.25) is 0 Å². The van der Waals surface area contributed by atoms with Gasteiger partial charge in [0.05, 0.1) is 12.3 Å². The van der Waals surface area contributed by atoms with Crippen LogP contribution >= 0.6 is 0 Å². The Morgan fingerprint density at radius 1 is 1.33 bits per heavy atom. The summed E-state index contributed by atoms with van der Waals surface area (Å²) < 4.78 is 5.40. The van der Waals surface area contributed by atoms with Crippen LogP contribution in [0.15, 0.2) is 22.8 Å². The van der Waals surface area contributed by atoms with Crippen molar-refractivity contribution in [3.63, 3.8) is 0 Å². The number of nitrogens with one attached hydrogen (secondary N) is 2. The number of hydrogen-bond acceptors (Lipinski definition) is 4. The van der Waals surface area contributed by atoms with Crippen molar-refractivity contribution < 1.29 is 14.0 Å². The van der Waals surface area contributed by atoms with E-state index in [4.69, 9.17) is 4.42 Å². The van der Waals surface area contributed by atoms with E-state index >= 15 is 0 Å². The molecule has 1 aromatic heterocycles. The molecular weight excluding hydrogens is 270 g/mol. The average molecular weight is 295 g/mol. The van der Waals surface area contributed by atoms with Gasteiger partial charge < -0.3 is 15.1 Å². The number of carbonyl (C=O) groups is 2. The quantitative estimate of drug-likeness (QED) is 0.791. The molecule has 0 spiro atoms. The van der Waals surface area contributed by atoms with Crippen LogP contribution in [-0.2, 0) is 9.59 Å². The van der Waals surface area contributed by atoms with Gasteiger partial charge in [-0.25, -0.2) is 0 Å². The Kier molecular flexibility index (Phi) is 6.42. The van der Waals surface area contributed by atoms with Gasteiger partial charge in [-0.1, -0.05) is 13.8 Å². The topological polar surface area (TPSA) is 74.6 Å². The van der Waals surface area contributed by atoms with Crippen molar-refractivity contribution in [2.45, 2.75) is 32.9 Å². The van der Waals surface area contributed by atoms with Crippen LogP contribution in [-0.4, -0.2) is 43.4 Å². The summed E-state index contributed by atoms with van der Waals surface area (Å²) in [6.45, 7) is 5.63. The maximum atomic E-state index is 12.2. The predicted octanol–water partition coefficient (Wildman–Crippen LogP) is 1.16.